The van der Waals surface area contributed by atoms with E-state index in [1.807, 2.05) is 26.0 Å². The van der Waals surface area contributed by atoms with Crippen LogP contribution in [0.25, 0.3) is 0 Å². The molecule has 0 saturated carbocycles. The summed E-state index contributed by atoms with van der Waals surface area (Å²) in [4.78, 5) is 4.94. The molecule has 2 aromatic rings. The highest BCUT2D eigenvalue weighted by atomic mass is 32.2. The SMILES string of the molecule is Cc1nnc(Sc2ccncc2)c(C#N)c1C. The molecule has 5 heteroatoms. The summed E-state index contributed by atoms with van der Waals surface area (Å²) >= 11 is 1.43. The topological polar surface area (TPSA) is 62.5 Å². The van der Waals surface area contributed by atoms with Gasteiger partial charge >= 0.3 is 0 Å². The molecule has 2 heterocycles. The molecule has 0 amide bonds. The minimum Gasteiger partial charge on any atom is -0.265 e. The molecule has 0 spiro atoms. The zero-order valence-corrected chi connectivity index (χ0v) is 10.3. The molecule has 84 valence electrons. The van der Waals surface area contributed by atoms with Gasteiger partial charge in [0.15, 0.2) is 0 Å². The maximum absolute atomic E-state index is 9.16. The van der Waals surface area contributed by atoms with Crippen LogP contribution >= 0.6 is 11.8 Å². The summed E-state index contributed by atoms with van der Waals surface area (Å²) in [5.74, 6) is 0. The van der Waals surface area contributed by atoms with Crippen LogP contribution in [0.3, 0.4) is 0 Å². The van der Waals surface area contributed by atoms with Crippen LogP contribution < -0.4 is 0 Å². The summed E-state index contributed by atoms with van der Waals surface area (Å²) in [5, 5.41) is 17.9. The van der Waals surface area contributed by atoms with E-state index in [-0.39, 0.29) is 0 Å². The van der Waals surface area contributed by atoms with E-state index < -0.39 is 0 Å². The Hall–Kier alpha value is -1.93. The van der Waals surface area contributed by atoms with Crippen LogP contribution in [0, 0.1) is 25.2 Å². The Bertz CT molecular complexity index is 575. The van der Waals surface area contributed by atoms with Crippen molar-refractivity contribution in [1.29, 1.82) is 5.26 Å². The average Bonchev–Trinajstić information content (AvgIpc) is 2.36. The predicted octanol–water partition coefficient (Wildman–Crippen LogP) is 2.51. The highest BCUT2D eigenvalue weighted by molar-refractivity contribution is 7.99. The third-order valence-electron chi connectivity index (χ3n) is 2.40. The van der Waals surface area contributed by atoms with Gasteiger partial charge in [-0.05, 0) is 31.5 Å². The Balaban J connectivity index is 2.41. The van der Waals surface area contributed by atoms with Gasteiger partial charge in [-0.2, -0.15) is 10.4 Å². The van der Waals surface area contributed by atoms with Gasteiger partial charge in [-0.15, -0.1) is 5.10 Å². The van der Waals surface area contributed by atoms with Crippen molar-refractivity contribution in [3.05, 3.63) is 41.3 Å². The summed E-state index contributed by atoms with van der Waals surface area (Å²) in [7, 11) is 0. The van der Waals surface area contributed by atoms with E-state index in [2.05, 4.69) is 21.3 Å². The second kappa shape index (κ2) is 4.93. The highest BCUT2D eigenvalue weighted by Gasteiger charge is 2.11. The van der Waals surface area contributed by atoms with Gasteiger partial charge in [-0.25, -0.2) is 0 Å². The van der Waals surface area contributed by atoms with Crippen molar-refractivity contribution >= 4 is 11.8 Å². The summed E-state index contributed by atoms with van der Waals surface area (Å²) in [6, 6.07) is 5.94. The van der Waals surface area contributed by atoms with E-state index >= 15 is 0 Å². The largest absolute Gasteiger partial charge is 0.265 e. The summed E-state index contributed by atoms with van der Waals surface area (Å²) in [5.41, 5.74) is 2.28. The molecule has 17 heavy (non-hydrogen) atoms. The number of pyridine rings is 1. The first-order valence-electron chi connectivity index (χ1n) is 5.04. The quantitative estimate of drug-likeness (QED) is 0.809. The van der Waals surface area contributed by atoms with E-state index in [9.17, 15) is 0 Å². The maximum atomic E-state index is 9.16. The Kier molecular flexibility index (Phi) is 3.35. The monoisotopic (exact) mass is 242 g/mol. The zero-order chi connectivity index (χ0) is 12.3. The number of hydrogen-bond acceptors (Lipinski definition) is 5. The fraction of sp³-hybridized carbons (Fsp3) is 0.167. The Morgan fingerprint density at radius 2 is 1.88 bits per heavy atom. The zero-order valence-electron chi connectivity index (χ0n) is 9.51. The third-order valence-corrected chi connectivity index (χ3v) is 3.39. The first-order chi connectivity index (χ1) is 8.22. The number of rotatable bonds is 2. The molecular formula is C12H10N4S. The van der Waals surface area contributed by atoms with Crippen molar-refractivity contribution in [1.82, 2.24) is 15.2 Å². The first kappa shape index (κ1) is 11.6. The van der Waals surface area contributed by atoms with Crippen LogP contribution in [0.1, 0.15) is 16.8 Å². The smallest absolute Gasteiger partial charge is 0.142 e. The predicted molar refractivity (Wildman–Crippen MR) is 64.6 cm³/mol. The fourth-order valence-corrected chi connectivity index (χ4v) is 2.17. The van der Waals surface area contributed by atoms with Crippen molar-refractivity contribution in [2.24, 2.45) is 0 Å². The molecule has 0 N–H and O–H groups in total. The molecule has 0 saturated heterocycles. The minimum atomic E-state index is 0.597. The first-order valence-corrected chi connectivity index (χ1v) is 5.86. The number of nitriles is 1. The Labute approximate surface area is 104 Å². The number of aromatic nitrogens is 3. The molecule has 0 aromatic carbocycles. The Morgan fingerprint density at radius 3 is 2.53 bits per heavy atom. The molecule has 0 atom stereocenters. The van der Waals surface area contributed by atoms with Crippen LogP contribution in [-0.2, 0) is 0 Å². The molecule has 0 unspecified atom stereocenters. The van der Waals surface area contributed by atoms with Crippen molar-refractivity contribution in [2.75, 3.05) is 0 Å². The third kappa shape index (κ3) is 2.43. The van der Waals surface area contributed by atoms with Gasteiger partial charge in [-0.1, -0.05) is 11.8 Å². The van der Waals surface area contributed by atoms with Gasteiger partial charge in [0.05, 0.1) is 11.3 Å². The van der Waals surface area contributed by atoms with Gasteiger partial charge in [0.2, 0.25) is 0 Å². The van der Waals surface area contributed by atoms with E-state index in [0.29, 0.717) is 10.6 Å². The van der Waals surface area contributed by atoms with Gasteiger partial charge in [-0.3, -0.25) is 4.98 Å². The molecule has 0 bridgehead atoms. The lowest BCUT2D eigenvalue weighted by atomic mass is 10.1. The molecule has 2 aromatic heterocycles. The highest BCUT2D eigenvalue weighted by Crippen LogP contribution is 2.29. The van der Waals surface area contributed by atoms with E-state index in [1.54, 1.807) is 12.4 Å². The summed E-state index contributed by atoms with van der Waals surface area (Å²) < 4.78 is 0. The fourth-order valence-electron chi connectivity index (χ4n) is 1.31. The molecular weight excluding hydrogens is 232 g/mol. The second-order valence-electron chi connectivity index (χ2n) is 3.49. The van der Waals surface area contributed by atoms with Gasteiger partial charge in [0.1, 0.15) is 11.1 Å². The normalized spacial score (nSPS) is 9.94. The van der Waals surface area contributed by atoms with Gasteiger partial charge < -0.3 is 0 Å². The van der Waals surface area contributed by atoms with Crippen molar-refractivity contribution in [3.63, 3.8) is 0 Å². The number of nitrogens with zero attached hydrogens (tertiary/aromatic N) is 4. The molecule has 0 fully saturated rings. The van der Waals surface area contributed by atoms with Crippen molar-refractivity contribution in [3.8, 4) is 6.07 Å². The lowest BCUT2D eigenvalue weighted by Crippen LogP contribution is -1.98. The van der Waals surface area contributed by atoms with E-state index in [0.717, 1.165) is 16.2 Å². The van der Waals surface area contributed by atoms with Crippen LogP contribution in [-0.4, -0.2) is 15.2 Å². The van der Waals surface area contributed by atoms with Crippen LogP contribution in [0.15, 0.2) is 34.4 Å². The van der Waals surface area contributed by atoms with Crippen molar-refractivity contribution in [2.45, 2.75) is 23.8 Å². The summed E-state index contributed by atoms with van der Waals surface area (Å²) in [6.07, 6.45) is 3.42. The molecule has 0 aliphatic heterocycles. The standard InChI is InChI=1S/C12H10N4S/c1-8-9(2)15-16-12(11(8)7-13)17-10-3-5-14-6-4-10/h3-6H,1-2H3. The van der Waals surface area contributed by atoms with Gasteiger partial charge in [0.25, 0.3) is 0 Å². The van der Waals surface area contributed by atoms with E-state index in [4.69, 9.17) is 5.26 Å². The van der Waals surface area contributed by atoms with Crippen LogP contribution in [0.2, 0.25) is 0 Å². The maximum Gasteiger partial charge on any atom is 0.142 e. The second-order valence-corrected chi connectivity index (χ2v) is 4.55. The molecule has 4 nitrogen and oxygen atoms in total. The van der Waals surface area contributed by atoms with Gasteiger partial charge in [0, 0.05) is 17.3 Å². The summed E-state index contributed by atoms with van der Waals surface area (Å²) in [6.45, 7) is 3.74. The number of hydrogen-bond donors (Lipinski definition) is 0. The Morgan fingerprint density at radius 1 is 1.18 bits per heavy atom. The average molecular weight is 242 g/mol. The van der Waals surface area contributed by atoms with E-state index in [1.165, 1.54) is 11.8 Å². The molecule has 2 rings (SSSR count). The lowest BCUT2D eigenvalue weighted by molar-refractivity contribution is 0.871. The van der Waals surface area contributed by atoms with Crippen molar-refractivity contribution < 1.29 is 0 Å². The lowest BCUT2D eigenvalue weighted by Gasteiger charge is -2.06. The van der Waals surface area contributed by atoms with Crippen LogP contribution in [0.4, 0.5) is 0 Å². The van der Waals surface area contributed by atoms with Crippen LogP contribution in [0.5, 0.6) is 0 Å². The molecule has 0 aliphatic rings. The number of aryl methyl sites for hydroxylation is 1. The molecule has 0 radical (unpaired) electrons. The minimum absolute atomic E-state index is 0.597. The molecule has 0 aliphatic carbocycles.